The summed E-state index contributed by atoms with van der Waals surface area (Å²) in [7, 11) is 0. The Bertz CT molecular complexity index is 663. The molecule has 19 heavy (non-hydrogen) atoms. The van der Waals surface area contributed by atoms with Gasteiger partial charge in [-0.05, 0) is 43.2 Å². The number of carbonyl (C=O) groups excluding carboxylic acids is 1. The van der Waals surface area contributed by atoms with Crippen molar-refractivity contribution in [2.45, 2.75) is 13.8 Å². The molecule has 1 nitrogen and oxygen atoms in total. The molecule has 0 N–H and O–H groups in total. The monoisotopic (exact) mass is 264 g/mol. The van der Waals surface area contributed by atoms with Gasteiger partial charge in [0.1, 0.15) is 5.82 Å². The average molecular weight is 264 g/mol. The third kappa shape index (κ3) is 2.38. The van der Waals surface area contributed by atoms with Gasteiger partial charge < -0.3 is 0 Å². The van der Waals surface area contributed by atoms with E-state index in [1.165, 1.54) is 25.1 Å². The van der Waals surface area contributed by atoms with E-state index >= 15 is 0 Å². The third-order valence-electron chi connectivity index (χ3n) is 2.89. The van der Waals surface area contributed by atoms with Crippen LogP contribution in [0.15, 0.2) is 30.3 Å². The normalized spacial score (nSPS) is 10.6. The van der Waals surface area contributed by atoms with Gasteiger partial charge in [-0.15, -0.1) is 0 Å². The lowest BCUT2D eigenvalue weighted by atomic mass is 10.00. The van der Waals surface area contributed by atoms with Gasteiger partial charge in [0, 0.05) is 0 Å². The first-order valence-corrected chi connectivity index (χ1v) is 5.67. The van der Waals surface area contributed by atoms with Crippen LogP contribution >= 0.6 is 0 Å². The summed E-state index contributed by atoms with van der Waals surface area (Å²) in [6.45, 7) is 3.06. The molecule has 0 aliphatic heterocycles. The lowest BCUT2D eigenvalue weighted by Gasteiger charge is -2.07. The number of halogens is 3. The highest BCUT2D eigenvalue weighted by atomic mass is 19.2. The fraction of sp³-hybridized carbons (Fsp3) is 0.133. The smallest absolute Gasteiger partial charge is 0.199 e. The van der Waals surface area contributed by atoms with Crippen molar-refractivity contribution < 1.29 is 18.0 Å². The molecule has 0 unspecified atom stereocenters. The molecule has 0 radical (unpaired) electrons. The zero-order valence-corrected chi connectivity index (χ0v) is 10.4. The van der Waals surface area contributed by atoms with Crippen LogP contribution < -0.4 is 0 Å². The second-order valence-electron chi connectivity index (χ2n) is 4.37. The van der Waals surface area contributed by atoms with E-state index in [1.54, 1.807) is 13.0 Å². The topological polar surface area (TPSA) is 17.1 Å². The van der Waals surface area contributed by atoms with Crippen molar-refractivity contribution in [1.82, 2.24) is 0 Å². The van der Waals surface area contributed by atoms with Crippen LogP contribution in [0.2, 0.25) is 0 Å². The first-order chi connectivity index (χ1) is 8.91. The predicted octanol–water partition coefficient (Wildman–Crippen LogP) is 3.95. The Morgan fingerprint density at radius 1 is 0.895 bits per heavy atom. The molecule has 0 bridgehead atoms. The van der Waals surface area contributed by atoms with Crippen LogP contribution in [0.3, 0.4) is 0 Å². The summed E-state index contributed by atoms with van der Waals surface area (Å²) in [5.41, 5.74) is 0.00152. The molecule has 98 valence electrons. The Labute approximate surface area is 108 Å². The first-order valence-electron chi connectivity index (χ1n) is 5.67. The van der Waals surface area contributed by atoms with E-state index in [0.29, 0.717) is 5.56 Å². The van der Waals surface area contributed by atoms with Crippen molar-refractivity contribution in [2.75, 3.05) is 0 Å². The minimum atomic E-state index is -1.25. The first kappa shape index (κ1) is 13.3. The number of aryl methyl sites for hydroxylation is 2. The molecule has 0 heterocycles. The van der Waals surface area contributed by atoms with Crippen molar-refractivity contribution in [3.05, 3.63) is 70.0 Å². The van der Waals surface area contributed by atoms with Crippen molar-refractivity contribution in [3.63, 3.8) is 0 Å². The van der Waals surface area contributed by atoms with Crippen LogP contribution in [0, 0.1) is 31.3 Å². The van der Waals surface area contributed by atoms with Crippen LogP contribution in [0.4, 0.5) is 13.2 Å². The van der Waals surface area contributed by atoms with Gasteiger partial charge in [-0.1, -0.05) is 12.1 Å². The Kier molecular flexibility index (Phi) is 3.42. The zero-order valence-electron chi connectivity index (χ0n) is 10.4. The van der Waals surface area contributed by atoms with E-state index in [1.807, 2.05) is 0 Å². The standard InChI is InChI=1S/C15H11F3O/c1-8-3-5-10(12(16)7-8)15(19)11-6-4-9(2)13(17)14(11)18/h3-7H,1-2H3. The molecular weight excluding hydrogens is 253 g/mol. The average Bonchev–Trinajstić information content (AvgIpc) is 2.35. The van der Waals surface area contributed by atoms with E-state index in [9.17, 15) is 18.0 Å². The van der Waals surface area contributed by atoms with E-state index in [-0.39, 0.29) is 11.1 Å². The molecule has 0 aliphatic rings. The number of hydrogen-bond acceptors (Lipinski definition) is 1. The number of rotatable bonds is 2. The minimum absolute atomic E-state index is 0.0958. The van der Waals surface area contributed by atoms with Gasteiger partial charge in [0.05, 0.1) is 11.1 Å². The highest BCUT2D eigenvalue weighted by Crippen LogP contribution is 2.20. The highest BCUT2D eigenvalue weighted by Gasteiger charge is 2.20. The Morgan fingerprint density at radius 2 is 1.53 bits per heavy atom. The molecule has 0 aromatic heterocycles. The number of carbonyl (C=O) groups is 1. The van der Waals surface area contributed by atoms with Gasteiger partial charge in [0.2, 0.25) is 0 Å². The molecule has 0 fully saturated rings. The van der Waals surface area contributed by atoms with Crippen LogP contribution in [0.5, 0.6) is 0 Å². The van der Waals surface area contributed by atoms with Gasteiger partial charge in [0.15, 0.2) is 17.4 Å². The van der Waals surface area contributed by atoms with E-state index < -0.39 is 28.8 Å². The fourth-order valence-corrected chi connectivity index (χ4v) is 1.77. The third-order valence-corrected chi connectivity index (χ3v) is 2.89. The Balaban J connectivity index is 2.53. The van der Waals surface area contributed by atoms with Crippen LogP contribution in [0.1, 0.15) is 27.0 Å². The highest BCUT2D eigenvalue weighted by molar-refractivity contribution is 6.09. The molecule has 2 rings (SSSR count). The fourth-order valence-electron chi connectivity index (χ4n) is 1.77. The maximum atomic E-state index is 13.7. The van der Waals surface area contributed by atoms with Gasteiger partial charge in [-0.3, -0.25) is 4.79 Å². The summed E-state index contributed by atoms with van der Waals surface area (Å²) in [5, 5.41) is 0. The lowest BCUT2D eigenvalue weighted by Crippen LogP contribution is -2.09. The van der Waals surface area contributed by atoms with Crippen LogP contribution in [0.25, 0.3) is 0 Å². The van der Waals surface area contributed by atoms with Gasteiger partial charge in [0.25, 0.3) is 0 Å². The van der Waals surface area contributed by atoms with Crippen molar-refractivity contribution in [2.24, 2.45) is 0 Å². The molecule has 4 heteroatoms. The van der Waals surface area contributed by atoms with Gasteiger partial charge in [-0.25, -0.2) is 13.2 Å². The molecule has 0 atom stereocenters. The molecule has 2 aromatic carbocycles. The van der Waals surface area contributed by atoms with Gasteiger partial charge in [-0.2, -0.15) is 0 Å². The molecule has 0 spiro atoms. The van der Waals surface area contributed by atoms with Crippen molar-refractivity contribution >= 4 is 5.78 Å². The minimum Gasteiger partial charge on any atom is -0.288 e. The Hall–Kier alpha value is -2.10. The van der Waals surface area contributed by atoms with Crippen LogP contribution in [-0.4, -0.2) is 5.78 Å². The maximum Gasteiger partial charge on any atom is 0.199 e. The molecule has 0 saturated heterocycles. The predicted molar refractivity (Wildman–Crippen MR) is 65.7 cm³/mol. The van der Waals surface area contributed by atoms with Crippen LogP contribution in [-0.2, 0) is 0 Å². The van der Waals surface area contributed by atoms with E-state index in [2.05, 4.69) is 0 Å². The number of ketones is 1. The molecular formula is C15H11F3O. The second-order valence-corrected chi connectivity index (χ2v) is 4.37. The molecule has 0 aliphatic carbocycles. The Morgan fingerprint density at radius 3 is 2.16 bits per heavy atom. The summed E-state index contributed by atoms with van der Waals surface area (Å²) in [4.78, 5) is 12.0. The van der Waals surface area contributed by atoms with Crippen molar-refractivity contribution in [3.8, 4) is 0 Å². The SMILES string of the molecule is Cc1ccc(C(=O)c2ccc(C)c(F)c2F)c(F)c1. The maximum absolute atomic E-state index is 13.7. The summed E-state index contributed by atoms with van der Waals surface area (Å²) < 4.78 is 40.8. The molecule has 2 aromatic rings. The summed E-state index contributed by atoms with van der Waals surface area (Å²) >= 11 is 0. The summed E-state index contributed by atoms with van der Waals surface area (Å²) in [6, 6.07) is 6.44. The quantitative estimate of drug-likeness (QED) is 0.750. The zero-order chi connectivity index (χ0) is 14.2. The number of hydrogen-bond donors (Lipinski definition) is 0. The van der Waals surface area contributed by atoms with Crippen molar-refractivity contribution in [1.29, 1.82) is 0 Å². The number of benzene rings is 2. The molecule has 0 amide bonds. The second kappa shape index (κ2) is 4.88. The van der Waals surface area contributed by atoms with E-state index in [0.717, 1.165) is 6.07 Å². The van der Waals surface area contributed by atoms with Gasteiger partial charge >= 0.3 is 0 Å². The lowest BCUT2D eigenvalue weighted by molar-refractivity contribution is 0.103. The largest absolute Gasteiger partial charge is 0.288 e. The van der Waals surface area contributed by atoms with E-state index in [4.69, 9.17) is 0 Å². The molecule has 0 saturated carbocycles. The summed E-state index contributed by atoms with van der Waals surface area (Å²) in [5.74, 6) is -3.94. The summed E-state index contributed by atoms with van der Waals surface area (Å²) in [6.07, 6.45) is 0.